The van der Waals surface area contributed by atoms with E-state index in [1.807, 2.05) is 0 Å². The molecule has 0 saturated carbocycles. The Bertz CT molecular complexity index is 500. The number of halogens is 1. The van der Waals surface area contributed by atoms with Crippen molar-refractivity contribution >= 4 is 38.6 Å². The molecule has 90 valence electrons. The van der Waals surface area contributed by atoms with Crippen molar-refractivity contribution in [2.75, 3.05) is 6.54 Å². The van der Waals surface area contributed by atoms with Crippen LogP contribution < -0.4 is 5.32 Å². The largest absolute Gasteiger partial charge is 0.314 e. The molecule has 0 radical (unpaired) electrons. The van der Waals surface area contributed by atoms with Crippen LogP contribution in [-0.2, 0) is 6.42 Å². The highest BCUT2D eigenvalue weighted by Gasteiger charge is 2.16. The van der Waals surface area contributed by atoms with Gasteiger partial charge >= 0.3 is 0 Å². The van der Waals surface area contributed by atoms with Gasteiger partial charge in [-0.3, -0.25) is 0 Å². The monoisotopic (exact) mass is 328 g/mol. The summed E-state index contributed by atoms with van der Waals surface area (Å²) in [6, 6.07) is 4.85. The van der Waals surface area contributed by atoms with Gasteiger partial charge in [-0.05, 0) is 47.4 Å². The summed E-state index contributed by atoms with van der Waals surface area (Å²) in [6.07, 6.45) is 3.68. The molecule has 0 bridgehead atoms. The molecular formula is C12H13BrN2S2. The Balaban J connectivity index is 1.73. The molecule has 5 heteroatoms. The van der Waals surface area contributed by atoms with Crippen molar-refractivity contribution < 1.29 is 0 Å². The van der Waals surface area contributed by atoms with Crippen molar-refractivity contribution in [3.05, 3.63) is 26.3 Å². The molecule has 3 rings (SSSR count). The maximum absolute atomic E-state index is 4.73. The van der Waals surface area contributed by atoms with Gasteiger partial charge in [0, 0.05) is 17.8 Å². The fourth-order valence-electron chi connectivity index (χ4n) is 2.11. The average Bonchev–Trinajstić information content (AvgIpc) is 2.99. The first kappa shape index (κ1) is 11.8. The van der Waals surface area contributed by atoms with E-state index in [1.54, 1.807) is 22.7 Å². The number of hydrogen-bond donors (Lipinski definition) is 1. The van der Waals surface area contributed by atoms with Gasteiger partial charge in [0.05, 0.1) is 19.4 Å². The van der Waals surface area contributed by atoms with Gasteiger partial charge in [-0.15, -0.1) is 22.7 Å². The SMILES string of the molecule is Brc1ccc(-c2csc(CC3CCCN3)n2)s1. The summed E-state index contributed by atoms with van der Waals surface area (Å²) in [5.41, 5.74) is 1.12. The number of thiophene rings is 1. The van der Waals surface area contributed by atoms with Crippen LogP contribution in [0.2, 0.25) is 0 Å². The molecule has 1 N–H and O–H groups in total. The topological polar surface area (TPSA) is 24.9 Å². The van der Waals surface area contributed by atoms with Crippen LogP contribution in [0.5, 0.6) is 0 Å². The Hall–Kier alpha value is -0.230. The first-order chi connectivity index (χ1) is 8.31. The summed E-state index contributed by atoms with van der Waals surface area (Å²) >= 11 is 7.01. The van der Waals surface area contributed by atoms with Gasteiger partial charge < -0.3 is 5.32 Å². The van der Waals surface area contributed by atoms with Crippen molar-refractivity contribution in [2.24, 2.45) is 0 Å². The van der Waals surface area contributed by atoms with Crippen LogP contribution >= 0.6 is 38.6 Å². The summed E-state index contributed by atoms with van der Waals surface area (Å²) in [6.45, 7) is 1.17. The highest BCUT2D eigenvalue weighted by molar-refractivity contribution is 9.11. The predicted molar refractivity (Wildman–Crippen MR) is 77.9 cm³/mol. The van der Waals surface area contributed by atoms with Crippen molar-refractivity contribution in [1.29, 1.82) is 0 Å². The van der Waals surface area contributed by atoms with Crippen molar-refractivity contribution in [3.8, 4) is 10.6 Å². The fourth-order valence-corrected chi connectivity index (χ4v) is 4.41. The Morgan fingerprint density at radius 1 is 1.47 bits per heavy atom. The molecule has 17 heavy (non-hydrogen) atoms. The van der Waals surface area contributed by atoms with E-state index in [9.17, 15) is 0 Å². The quantitative estimate of drug-likeness (QED) is 0.923. The maximum Gasteiger partial charge on any atom is 0.0948 e. The molecule has 0 amide bonds. The van der Waals surface area contributed by atoms with E-state index in [0.29, 0.717) is 6.04 Å². The minimum Gasteiger partial charge on any atom is -0.314 e. The molecule has 2 nitrogen and oxygen atoms in total. The number of nitrogens with zero attached hydrogens (tertiary/aromatic N) is 1. The number of rotatable bonds is 3. The van der Waals surface area contributed by atoms with Crippen LogP contribution in [0, 0.1) is 0 Å². The van der Waals surface area contributed by atoms with Gasteiger partial charge in [0.25, 0.3) is 0 Å². The molecule has 0 aliphatic carbocycles. The minimum absolute atomic E-state index is 0.643. The lowest BCUT2D eigenvalue weighted by Crippen LogP contribution is -2.23. The standard InChI is InChI=1S/C12H13BrN2S2/c13-11-4-3-10(17-11)9-7-16-12(15-9)6-8-2-1-5-14-8/h3-4,7-8,14H,1-2,5-6H2. The van der Waals surface area contributed by atoms with E-state index < -0.39 is 0 Å². The molecule has 1 fully saturated rings. The second-order valence-electron chi connectivity index (χ2n) is 4.23. The number of nitrogens with one attached hydrogen (secondary N) is 1. The van der Waals surface area contributed by atoms with E-state index in [4.69, 9.17) is 4.98 Å². The summed E-state index contributed by atoms with van der Waals surface area (Å²) in [5.74, 6) is 0. The zero-order valence-electron chi connectivity index (χ0n) is 9.28. The number of hydrogen-bond acceptors (Lipinski definition) is 4. The second-order valence-corrected chi connectivity index (χ2v) is 7.63. The molecule has 1 aliphatic rings. The van der Waals surface area contributed by atoms with Gasteiger partial charge in [0.2, 0.25) is 0 Å². The first-order valence-electron chi connectivity index (χ1n) is 5.75. The van der Waals surface area contributed by atoms with Crippen LogP contribution in [0.25, 0.3) is 10.6 Å². The smallest absolute Gasteiger partial charge is 0.0948 e. The molecular weight excluding hydrogens is 316 g/mol. The lowest BCUT2D eigenvalue weighted by atomic mass is 10.2. The third-order valence-corrected chi connectivity index (χ3v) is 5.48. The van der Waals surface area contributed by atoms with Gasteiger partial charge in [-0.2, -0.15) is 0 Å². The summed E-state index contributed by atoms with van der Waals surface area (Å²) in [4.78, 5) is 5.97. The number of thiazole rings is 1. The van der Waals surface area contributed by atoms with Crippen molar-refractivity contribution in [3.63, 3.8) is 0 Å². The average molecular weight is 329 g/mol. The molecule has 2 aromatic rings. The van der Waals surface area contributed by atoms with Crippen molar-refractivity contribution in [2.45, 2.75) is 25.3 Å². The molecule has 3 heterocycles. The maximum atomic E-state index is 4.73. The third-order valence-electron chi connectivity index (χ3n) is 2.96. The summed E-state index contributed by atoms with van der Waals surface area (Å²) in [5, 5.41) is 6.94. The Morgan fingerprint density at radius 3 is 3.12 bits per heavy atom. The van der Waals surface area contributed by atoms with Crippen LogP contribution in [0.4, 0.5) is 0 Å². The van der Waals surface area contributed by atoms with Crippen LogP contribution in [0.1, 0.15) is 17.8 Å². The van der Waals surface area contributed by atoms with E-state index in [1.165, 1.54) is 33.1 Å². The molecule has 0 spiro atoms. The van der Waals surface area contributed by atoms with Gasteiger partial charge in [-0.25, -0.2) is 4.98 Å². The highest BCUT2D eigenvalue weighted by Crippen LogP contribution is 2.32. The lowest BCUT2D eigenvalue weighted by molar-refractivity contribution is 0.601. The van der Waals surface area contributed by atoms with Gasteiger partial charge in [0.15, 0.2) is 0 Å². The van der Waals surface area contributed by atoms with E-state index in [-0.39, 0.29) is 0 Å². The predicted octanol–water partition coefficient (Wildman–Crippen LogP) is 3.93. The summed E-state index contributed by atoms with van der Waals surface area (Å²) < 4.78 is 1.17. The first-order valence-corrected chi connectivity index (χ1v) is 8.24. The molecule has 1 saturated heterocycles. The molecule has 1 aliphatic heterocycles. The molecule has 1 atom stereocenters. The molecule has 0 aromatic carbocycles. The Morgan fingerprint density at radius 2 is 2.41 bits per heavy atom. The van der Waals surface area contributed by atoms with E-state index in [2.05, 4.69) is 38.8 Å². The minimum atomic E-state index is 0.643. The van der Waals surface area contributed by atoms with Crippen molar-refractivity contribution in [1.82, 2.24) is 10.3 Å². The van der Waals surface area contributed by atoms with Gasteiger partial charge in [0.1, 0.15) is 0 Å². The number of aromatic nitrogens is 1. The molecule has 2 aromatic heterocycles. The Labute approximate surface area is 117 Å². The van der Waals surface area contributed by atoms with Gasteiger partial charge in [-0.1, -0.05) is 0 Å². The van der Waals surface area contributed by atoms with E-state index >= 15 is 0 Å². The fraction of sp³-hybridized carbons (Fsp3) is 0.417. The zero-order valence-corrected chi connectivity index (χ0v) is 12.5. The third kappa shape index (κ3) is 2.78. The zero-order chi connectivity index (χ0) is 11.7. The lowest BCUT2D eigenvalue weighted by Gasteiger charge is -2.06. The Kier molecular flexibility index (Phi) is 3.61. The van der Waals surface area contributed by atoms with Crippen LogP contribution in [0.3, 0.4) is 0 Å². The van der Waals surface area contributed by atoms with E-state index in [0.717, 1.165) is 12.1 Å². The normalized spacial score (nSPS) is 19.9. The highest BCUT2D eigenvalue weighted by atomic mass is 79.9. The van der Waals surface area contributed by atoms with Crippen LogP contribution in [-0.4, -0.2) is 17.6 Å². The second kappa shape index (κ2) is 5.18. The van der Waals surface area contributed by atoms with Crippen LogP contribution in [0.15, 0.2) is 21.3 Å². The molecule has 1 unspecified atom stereocenters. The summed E-state index contributed by atoms with van der Waals surface area (Å²) in [7, 11) is 0.